The van der Waals surface area contributed by atoms with Crippen molar-refractivity contribution in [2.45, 2.75) is 19.3 Å². The highest BCUT2D eigenvalue weighted by molar-refractivity contribution is 6.31. The van der Waals surface area contributed by atoms with E-state index in [0.717, 1.165) is 25.2 Å². The van der Waals surface area contributed by atoms with Gasteiger partial charge >= 0.3 is 6.03 Å². The van der Waals surface area contributed by atoms with Gasteiger partial charge in [-0.1, -0.05) is 11.6 Å². The third kappa shape index (κ3) is 5.87. The Kier molecular flexibility index (Phi) is 7.23. The lowest BCUT2D eigenvalue weighted by atomic mass is 9.96. The molecule has 2 aliphatic rings. The summed E-state index contributed by atoms with van der Waals surface area (Å²) >= 11 is 5.93. The Hall–Kier alpha value is -3.00. The van der Waals surface area contributed by atoms with E-state index in [2.05, 4.69) is 15.5 Å². The van der Waals surface area contributed by atoms with Crippen molar-refractivity contribution in [2.24, 2.45) is 11.8 Å². The van der Waals surface area contributed by atoms with Crippen molar-refractivity contribution >= 4 is 34.9 Å². The van der Waals surface area contributed by atoms with E-state index in [0.29, 0.717) is 49.1 Å². The molecule has 2 aliphatic heterocycles. The number of nitrogens with one attached hydrogen (secondary N) is 2. The lowest BCUT2D eigenvalue weighted by molar-refractivity contribution is -0.121. The number of carbonyl (C=O) groups is 2. The standard InChI is InChI=1S/C24H28ClFN4O3/c25-18-1-6-22(31)21(13-18)28-23(32)17-8-11-29(12-9-17)24(33)27-14-16-7-10-30(15-16)20-4-2-19(26)3-5-20/h1-6,13,16-17,31H,7-12,14-15H2,(H,27,33)(H,28,32). The number of carbonyl (C=O) groups excluding carboxylic acids is 2. The highest BCUT2D eigenvalue weighted by Crippen LogP contribution is 2.28. The van der Waals surface area contributed by atoms with E-state index in [1.807, 2.05) is 0 Å². The number of benzene rings is 2. The molecule has 3 N–H and O–H groups in total. The molecule has 0 radical (unpaired) electrons. The first-order valence-electron chi connectivity index (χ1n) is 11.2. The van der Waals surface area contributed by atoms with Crippen LogP contribution in [0, 0.1) is 17.7 Å². The Bertz CT molecular complexity index is 996. The molecule has 33 heavy (non-hydrogen) atoms. The highest BCUT2D eigenvalue weighted by atomic mass is 35.5. The normalized spacial score (nSPS) is 18.9. The maximum atomic E-state index is 13.1. The SMILES string of the molecule is O=C(Nc1cc(Cl)ccc1O)C1CCN(C(=O)NCC2CCN(c3ccc(F)cc3)C2)CC1. The molecule has 9 heteroatoms. The van der Waals surface area contributed by atoms with Gasteiger partial charge in [-0.2, -0.15) is 0 Å². The average molecular weight is 475 g/mol. The molecule has 0 saturated carbocycles. The van der Waals surface area contributed by atoms with Crippen LogP contribution in [0.25, 0.3) is 0 Å². The minimum Gasteiger partial charge on any atom is -0.506 e. The number of phenolic OH excluding ortho intramolecular Hbond substituents is 1. The first-order chi connectivity index (χ1) is 15.9. The Morgan fingerprint density at radius 3 is 2.52 bits per heavy atom. The molecule has 0 bridgehead atoms. The van der Waals surface area contributed by atoms with Crippen LogP contribution in [0.4, 0.5) is 20.6 Å². The quantitative estimate of drug-likeness (QED) is 0.570. The van der Waals surface area contributed by atoms with Crippen LogP contribution in [0.5, 0.6) is 5.75 Å². The van der Waals surface area contributed by atoms with E-state index in [-0.39, 0.29) is 29.4 Å². The summed E-state index contributed by atoms with van der Waals surface area (Å²) in [5, 5.41) is 16.1. The number of piperidine rings is 1. The van der Waals surface area contributed by atoms with Crippen LogP contribution in [-0.4, -0.2) is 54.7 Å². The Morgan fingerprint density at radius 1 is 1.06 bits per heavy atom. The molecule has 2 fully saturated rings. The Morgan fingerprint density at radius 2 is 1.79 bits per heavy atom. The summed E-state index contributed by atoms with van der Waals surface area (Å²) in [4.78, 5) is 29.1. The minimum absolute atomic E-state index is 0.0329. The zero-order valence-electron chi connectivity index (χ0n) is 18.3. The number of aromatic hydroxyl groups is 1. The molecule has 1 atom stereocenters. The summed E-state index contributed by atoms with van der Waals surface area (Å²) in [6.07, 6.45) is 2.08. The van der Waals surface area contributed by atoms with Crippen LogP contribution in [-0.2, 0) is 4.79 Å². The van der Waals surface area contributed by atoms with Crippen molar-refractivity contribution in [1.82, 2.24) is 10.2 Å². The lowest BCUT2D eigenvalue weighted by Gasteiger charge is -2.31. The van der Waals surface area contributed by atoms with E-state index < -0.39 is 0 Å². The molecule has 2 saturated heterocycles. The van der Waals surface area contributed by atoms with Crippen LogP contribution >= 0.6 is 11.6 Å². The fraction of sp³-hybridized carbons (Fsp3) is 0.417. The molecule has 0 spiro atoms. The number of hydrogen-bond acceptors (Lipinski definition) is 4. The topological polar surface area (TPSA) is 84.9 Å². The van der Waals surface area contributed by atoms with Crippen molar-refractivity contribution in [3.63, 3.8) is 0 Å². The maximum Gasteiger partial charge on any atom is 0.317 e. The first kappa shape index (κ1) is 23.2. The van der Waals surface area contributed by atoms with Crippen LogP contribution in [0.2, 0.25) is 5.02 Å². The lowest BCUT2D eigenvalue weighted by Crippen LogP contribution is -2.47. The zero-order valence-corrected chi connectivity index (χ0v) is 19.0. The number of amides is 3. The van der Waals surface area contributed by atoms with Crippen molar-refractivity contribution in [3.8, 4) is 5.75 Å². The molecule has 0 aliphatic carbocycles. The summed E-state index contributed by atoms with van der Waals surface area (Å²) in [6, 6.07) is 10.9. The summed E-state index contributed by atoms with van der Waals surface area (Å²) in [6.45, 7) is 3.29. The number of urea groups is 1. The van der Waals surface area contributed by atoms with Crippen molar-refractivity contribution in [2.75, 3.05) is 42.9 Å². The number of nitrogens with zero attached hydrogens (tertiary/aromatic N) is 2. The van der Waals surface area contributed by atoms with Crippen LogP contribution in [0.15, 0.2) is 42.5 Å². The number of halogens is 2. The molecule has 0 aromatic heterocycles. The fourth-order valence-electron chi connectivity index (χ4n) is 4.42. The molecular formula is C24H28ClFN4O3. The molecule has 7 nitrogen and oxygen atoms in total. The minimum atomic E-state index is -0.245. The van der Waals surface area contributed by atoms with Crippen LogP contribution in [0.1, 0.15) is 19.3 Å². The number of phenols is 1. The second kappa shape index (κ2) is 10.3. The van der Waals surface area contributed by atoms with Gasteiger partial charge in [0.1, 0.15) is 11.6 Å². The Labute approximate surface area is 197 Å². The molecule has 2 aromatic rings. The first-order valence-corrected chi connectivity index (χ1v) is 11.6. The van der Waals surface area contributed by atoms with Crippen molar-refractivity contribution in [1.29, 1.82) is 0 Å². The maximum absolute atomic E-state index is 13.1. The fourth-order valence-corrected chi connectivity index (χ4v) is 4.59. The van der Waals surface area contributed by atoms with Gasteiger partial charge < -0.3 is 25.5 Å². The van der Waals surface area contributed by atoms with E-state index in [1.165, 1.54) is 24.3 Å². The predicted molar refractivity (Wildman–Crippen MR) is 126 cm³/mol. The van der Waals surface area contributed by atoms with Gasteiger partial charge in [-0.3, -0.25) is 4.79 Å². The largest absolute Gasteiger partial charge is 0.506 e. The van der Waals surface area contributed by atoms with Gasteiger partial charge in [0, 0.05) is 49.4 Å². The molecule has 2 heterocycles. The second-order valence-electron chi connectivity index (χ2n) is 8.68. The summed E-state index contributed by atoms with van der Waals surface area (Å²) < 4.78 is 13.1. The second-order valence-corrected chi connectivity index (χ2v) is 9.11. The molecule has 176 valence electrons. The van der Waals surface area contributed by atoms with Gasteiger partial charge in [-0.05, 0) is 67.6 Å². The number of hydrogen-bond donors (Lipinski definition) is 3. The van der Waals surface area contributed by atoms with E-state index in [9.17, 15) is 19.1 Å². The molecule has 2 aromatic carbocycles. The van der Waals surface area contributed by atoms with E-state index in [4.69, 9.17) is 11.6 Å². The van der Waals surface area contributed by atoms with Crippen LogP contribution < -0.4 is 15.5 Å². The number of likely N-dealkylation sites (tertiary alicyclic amines) is 1. The number of rotatable bonds is 5. The van der Waals surface area contributed by atoms with Crippen molar-refractivity contribution in [3.05, 3.63) is 53.3 Å². The van der Waals surface area contributed by atoms with Gasteiger partial charge in [0.2, 0.25) is 5.91 Å². The Balaban J connectivity index is 1.19. The molecule has 3 amide bonds. The third-order valence-corrected chi connectivity index (χ3v) is 6.62. The summed E-state index contributed by atoms with van der Waals surface area (Å²) in [5.74, 6) is -0.348. The van der Waals surface area contributed by atoms with E-state index in [1.54, 1.807) is 23.1 Å². The predicted octanol–water partition coefficient (Wildman–Crippen LogP) is 4.07. The molecule has 4 rings (SSSR count). The zero-order chi connectivity index (χ0) is 23.4. The third-order valence-electron chi connectivity index (χ3n) is 6.39. The van der Waals surface area contributed by atoms with Gasteiger partial charge in [0.05, 0.1) is 5.69 Å². The molecule has 1 unspecified atom stereocenters. The molecular weight excluding hydrogens is 447 g/mol. The van der Waals surface area contributed by atoms with Gasteiger partial charge in [0.15, 0.2) is 0 Å². The van der Waals surface area contributed by atoms with Gasteiger partial charge in [-0.25, -0.2) is 9.18 Å². The summed E-state index contributed by atoms with van der Waals surface area (Å²) in [7, 11) is 0. The average Bonchev–Trinajstić information content (AvgIpc) is 3.29. The highest BCUT2D eigenvalue weighted by Gasteiger charge is 2.29. The van der Waals surface area contributed by atoms with E-state index >= 15 is 0 Å². The smallest absolute Gasteiger partial charge is 0.317 e. The van der Waals surface area contributed by atoms with Gasteiger partial charge in [0.25, 0.3) is 0 Å². The monoisotopic (exact) mass is 474 g/mol. The van der Waals surface area contributed by atoms with Gasteiger partial charge in [-0.15, -0.1) is 0 Å². The summed E-state index contributed by atoms with van der Waals surface area (Å²) in [5.41, 5.74) is 1.29. The number of anilines is 2. The van der Waals surface area contributed by atoms with Crippen LogP contribution in [0.3, 0.4) is 0 Å². The van der Waals surface area contributed by atoms with Crippen molar-refractivity contribution < 1.29 is 19.1 Å².